The third kappa shape index (κ3) is 3.94. The van der Waals surface area contributed by atoms with Gasteiger partial charge in [0.1, 0.15) is 11.7 Å². The highest BCUT2D eigenvalue weighted by Gasteiger charge is 2.38. The molecule has 2 aromatic carbocycles. The van der Waals surface area contributed by atoms with Crippen molar-refractivity contribution in [3.05, 3.63) is 59.4 Å². The number of amides is 2. The third-order valence-corrected chi connectivity index (χ3v) is 4.43. The van der Waals surface area contributed by atoms with Crippen LogP contribution in [0.3, 0.4) is 0 Å². The van der Waals surface area contributed by atoms with Crippen LogP contribution in [0.2, 0.25) is 0 Å². The maximum atomic E-state index is 13.2. The van der Waals surface area contributed by atoms with Gasteiger partial charge in [-0.15, -0.1) is 0 Å². The Kier molecular flexibility index (Phi) is 4.91. The molecule has 1 N–H and O–H groups in total. The SMILES string of the molecule is Cc1cc(F)ccc1N1CCC(C(=O)Nc2cccc(C(F)(F)F)c2)C1=O. The zero-order chi connectivity index (χ0) is 19.8. The summed E-state index contributed by atoms with van der Waals surface area (Å²) in [6, 6.07) is 8.21. The molecule has 4 nitrogen and oxygen atoms in total. The van der Waals surface area contributed by atoms with Crippen LogP contribution in [0, 0.1) is 18.7 Å². The van der Waals surface area contributed by atoms with Gasteiger partial charge in [0.25, 0.3) is 0 Å². The molecule has 1 aliphatic rings. The van der Waals surface area contributed by atoms with E-state index in [-0.39, 0.29) is 18.7 Å². The minimum absolute atomic E-state index is 0.0287. The molecule has 2 aromatic rings. The van der Waals surface area contributed by atoms with Crippen molar-refractivity contribution in [1.82, 2.24) is 0 Å². The van der Waals surface area contributed by atoms with E-state index >= 15 is 0 Å². The Hall–Kier alpha value is -2.90. The monoisotopic (exact) mass is 380 g/mol. The first-order valence-electron chi connectivity index (χ1n) is 8.22. The predicted octanol–water partition coefficient (Wildman–Crippen LogP) is 4.14. The quantitative estimate of drug-likeness (QED) is 0.643. The first kappa shape index (κ1) is 18.9. The van der Waals surface area contributed by atoms with Crippen molar-refractivity contribution in [2.45, 2.75) is 19.5 Å². The first-order valence-corrected chi connectivity index (χ1v) is 8.22. The van der Waals surface area contributed by atoms with Gasteiger partial charge in [-0.25, -0.2) is 4.39 Å². The van der Waals surface area contributed by atoms with E-state index in [0.29, 0.717) is 11.3 Å². The second-order valence-corrected chi connectivity index (χ2v) is 6.33. The molecule has 8 heteroatoms. The number of rotatable bonds is 3. The number of benzene rings is 2. The summed E-state index contributed by atoms with van der Waals surface area (Å²) in [6.07, 6.45) is -4.30. The van der Waals surface area contributed by atoms with Gasteiger partial charge in [0, 0.05) is 17.9 Å². The Balaban J connectivity index is 1.74. The van der Waals surface area contributed by atoms with Crippen LogP contribution in [0.5, 0.6) is 0 Å². The molecule has 1 saturated heterocycles. The van der Waals surface area contributed by atoms with Gasteiger partial charge in [0.15, 0.2) is 0 Å². The molecule has 0 spiro atoms. The zero-order valence-corrected chi connectivity index (χ0v) is 14.3. The zero-order valence-electron chi connectivity index (χ0n) is 14.3. The van der Waals surface area contributed by atoms with Gasteiger partial charge in [0.05, 0.1) is 5.56 Å². The smallest absolute Gasteiger partial charge is 0.325 e. The Morgan fingerprint density at radius 3 is 2.59 bits per heavy atom. The van der Waals surface area contributed by atoms with Crippen LogP contribution in [0.25, 0.3) is 0 Å². The Morgan fingerprint density at radius 1 is 1.19 bits per heavy atom. The number of carbonyl (C=O) groups excluding carboxylic acids is 2. The van der Waals surface area contributed by atoms with Gasteiger partial charge in [-0.05, 0) is 55.3 Å². The molecular weight excluding hydrogens is 364 g/mol. The molecule has 0 bridgehead atoms. The molecule has 1 aliphatic heterocycles. The highest BCUT2D eigenvalue weighted by Crippen LogP contribution is 2.32. The molecule has 1 unspecified atom stereocenters. The van der Waals surface area contributed by atoms with Crippen molar-refractivity contribution in [3.8, 4) is 0 Å². The molecule has 0 aliphatic carbocycles. The summed E-state index contributed by atoms with van der Waals surface area (Å²) in [6.45, 7) is 1.92. The van der Waals surface area contributed by atoms with E-state index in [0.717, 1.165) is 12.1 Å². The molecule has 27 heavy (non-hydrogen) atoms. The minimum atomic E-state index is -4.53. The number of carbonyl (C=O) groups is 2. The van der Waals surface area contributed by atoms with Gasteiger partial charge in [0.2, 0.25) is 11.8 Å². The Labute approximate surface area is 152 Å². The number of hydrogen-bond donors (Lipinski definition) is 1. The second-order valence-electron chi connectivity index (χ2n) is 6.33. The highest BCUT2D eigenvalue weighted by atomic mass is 19.4. The van der Waals surface area contributed by atoms with Crippen LogP contribution >= 0.6 is 0 Å². The van der Waals surface area contributed by atoms with Gasteiger partial charge < -0.3 is 10.2 Å². The van der Waals surface area contributed by atoms with Crippen LogP contribution in [0.15, 0.2) is 42.5 Å². The summed E-state index contributed by atoms with van der Waals surface area (Å²) in [4.78, 5) is 26.4. The number of aryl methyl sites for hydroxylation is 1. The number of alkyl halides is 3. The average molecular weight is 380 g/mol. The van der Waals surface area contributed by atoms with Gasteiger partial charge >= 0.3 is 6.18 Å². The molecule has 142 valence electrons. The van der Waals surface area contributed by atoms with E-state index in [1.807, 2.05) is 0 Å². The maximum absolute atomic E-state index is 13.2. The first-order chi connectivity index (χ1) is 12.7. The van der Waals surface area contributed by atoms with Gasteiger partial charge in [-0.1, -0.05) is 6.07 Å². The van der Waals surface area contributed by atoms with Crippen LogP contribution < -0.4 is 10.2 Å². The second kappa shape index (κ2) is 7.02. The fourth-order valence-electron chi connectivity index (χ4n) is 3.09. The molecule has 1 heterocycles. The summed E-state index contributed by atoms with van der Waals surface area (Å²) in [5.41, 5.74) is 0.152. The van der Waals surface area contributed by atoms with Crippen molar-refractivity contribution in [2.75, 3.05) is 16.8 Å². The third-order valence-electron chi connectivity index (χ3n) is 4.43. The van der Waals surface area contributed by atoms with E-state index < -0.39 is 35.3 Å². The summed E-state index contributed by atoms with van der Waals surface area (Å²) < 4.78 is 51.6. The van der Waals surface area contributed by atoms with E-state index in [2.05, 4.69) is 5.32 Å². The average Bonchev–Trinajstić information content (AvgIpc) is 2.96. The highest BCUT2D eigenvalue weighted by molar-refractivity contribution is 6.13. The fourth-order valence-corrected chi connectivity index (χ4v) is 3.09. The van der Waals surface area contributed by atoms with Crippen LogP contribution in [0.4, 0.5) is 28.9 Å². The summed E-state index contributed by atoms with van der Waals surface area (Å²) in [5, 5.41) is 2.38. The van der Waals surface area contributed by atoms with Crippen molar-refractivity contribution < 1.29 is 27.2 Å². The lowest BCUT2D eigenvalue weighted by Crippen LogP contribution is -2.33. The lowest BCUT2D eigenvalue weighted by molar-refractivity contribution is -0.137. The summed E-state index contributed by atoms with van der Waals surface area (Å²) >= 11 is 0. The van der Waals surface area contributed by atoms with E-state index in [1.54, 1.807) is 6.92 Å². The standard InChI is InChI=1S/C19H16F4N2O2/c1-11-9-13(20)5-6-16(11)25-8-7-15(18(25)27)17(26)24-14-4-2-3-12(10-14)19(21,22)23/h2-6,9-10,15H,7-8H2,1H3,(H,24,26). The molecule has 1 fully saturated rings. The van der Waals surface area contributed by atoms with Crippen molar-refractivity contribution in [1.29, 1.82) is 0 Å². The molecule has 0 saturated carbocycles. The minimum Gasteiger partial charge on any atom is -0.325 e. The van der Waals surface area contributed by atoms with Crippen LogP contribution in [-0.4, -0.2) is 18.4 Å². The number of nitrogens with one attached hydrogen (secondary N) is 1. The van der Waals surface area contributed by atoms with Crippen LogP contribution in [-0.2, 0) is 15.8 Å². The van der Waals surface area contributed by atoms with Gasteiger partial charge in [-0.2, -0.15) is 13.2 Å². The van der Waals surface area contributed by atoms with Crippen molar-refractivity contribution >= 4 is 23.2 Å². The topological polar surface area (TPSA) is 49.4 Å². The molecule has 3 rings (SSSR count). The normalized spacial score (nSPS) is 17.3. The molecule has 0 aromatic heterocycles. The number of halogens is 4. The van der Waals surface area contributed by atoms with E-state index in [4.69, 9.17) is 0 Å². The molecular formula is C19H16F4N2O2. The summed E-state index contributed by atoms with van der Waals surface area (Å²) in [5.74, 6) is -2.57. The lowest BCUT2D eigenvalue weighted by atomic mass is 10.1. The Morgan fingerprint density at radius 2 is 1.93 bits per heavy atom. The van der Waals surface area contributed by atoms with Crippen LogP contribution in [0.1, 0.15) is 17.5 Å². The number of anilines is 2. The van der Waals surface area contributed by atoms with E-state index in [1.165, 1.54) is 35.2 Å². The lowest BCUT2D eigenvalue weighted by Gasteiger charge is -2.19. The maximum Gasteiger partial charge on any atom is 0.416 e. The van der Waals surface area contributed by atoms with Crippen molar-refractivity contribution in [3.63, 3.8) is 0 Å². The molecule has 1 atom stereocenters. The van der Waals surface area contributed by atoms with E-state index in [9.17, 15) is 27.2 Å². The fraction of sp³-hybridized carbons (Fsp3) is 0.263. The number of hydrogen-bond acceptors (Lipinski definition) is 2. The summed E-state index contributed by atoms with van der Waals surface area (Å²) in [7, 11) is 0. The molecule has 2 amide bonds. The predicted molar refractivity (Wildman–Crippen MR) is 91.7 cm³/mol. The van der Waals surface area contributed by atoms with Gasteiger partial charge in [-0.3, -0.25) is 9.59 Å². The molecule has 0 radical (unpaired) electrons. The Bertz CT molecular complexity index is 896. The van der Waals surface area contributed by atoms with Crippen molar-refractivity contribution in [2.24, 2.45) is 5.92 Å². The largest absolute Gasteiger partial charge is 0.416 e. The number of nitrogens with zero attached hydrogens (tertiary/aromatic N) is 1.